The molecule has 0 radical (unpaired) electrons. The summed E-state index contributed by atoms with van der Waals surface area (Å²) in [5.41, 5.74) is 3.58. The second-order valence-electron chi connectivity index (χ2n) is 7.33. The molecule has 4 rings (SSSR count). The lowest BCUT2D eigenvalue weighted by atomic mass is 10.2. The number of amides is 2. The van der Waals surface area contributed by atoms with E-state index in [9.17, 15) is 9.59 Å². The molecule has 0 unspecified atom stereocenters. The lowest BCUT2D eigenvalue weighted by Crippen LogP contribution is -2.20. The van der Waals surface area contributed by atoms with Crippen LogP contribution in [0.5, 0.6) is 0 Å². The topological polar surface area (TPSA) is 140 Å². The van der Waals surface area contributed by atoms with Crippen molar-refractivity contribution in [2.45, 2.75) is 30.8 Å². The molecule has 3 heterocycles. The third-order valence-corrected chi connectivity index (χ3v) is 5.52. The quantitative estimate of drug-likeness (QED) is 0.268. The van der Waals surface area contributed by atoms with Gasteiger partial charge in [-0.1, -0.05) is 0 Å². The Bertz CT molecular complexity index is 1340. The molecule has 10 nitrogen and oxygen atoms in total. The summed E-state index contributed by atoms with van der Waals surface area (Å²) in [5, 5.41) is 16.3. The number of carbonyl (C=O) groups excluding carboxylic acids is 1. The molecule has 168 valence electrons. The number of nitrogens with zero attached hydrogens (tertiary/aromatic N) is 3. The number of benzene rings is 1. The van der Waals surface area contributed by atoms with E-state index in [1.54, 1.807) is 0 Å². The molecule has 11 heteroatoms. The smallest absolute Gasteiger partial charge is 0.323 e. The number of H-pyrrole nitrogens is 2. The fraction of sp³-hybridized carbons (Fsp3) is 0.136. The lowest BCUT2D eigenvalue weighted by Gasteiger charge is -2.11. The number of carbonyl (C=O) groups is 1. The van der Waals surface area contributed by atoms with E-state index in [1.165, 1.54) is 30.1 Å². The molecule has 0 spiro atoms. The van der Waals surface area contributed by atoms with Gasteiger partial charge in [0.1, 0.15) is 11.6 Å². The van der Waals surface area contributed by atoms with Gasteiger partial charge in [0, 0.05) is 40.7 Å². The number of aromatic amines is 2. The molecule has 0 aliphatic carbocycles. The molecule has 0 fully saturated rings. The van der Waals surface area contributed by atoms with Gasteiger partial charge in [-0.2, -0.15) is 5.10 Å². The molecule has 0 saturated carbocycles. The van der Waals surface area contributed by atoms with E-state index in [0.29, 0.717) is 22.3 Å². The van der Waals surface area contributed by atoms with Crippen LogP contribution in [0.15, 0.2) is 63.5 Å². The van der Waals surface area contributed by atoms with Gasteiger partial charge in [0.15, 0.2) is 5.16 Å². The van der Waals surface area contributed by atoms with Gasteiger partial charge in [-0.3, -0.25) is 9.89 Å². The van der Waals surface area contributed by atoms with Crippen LogP contribution in [-0.4, -0.2) is 31.2 Å². The Morgan fingerprint density at radius 2 is 1.73 bits per heavy atom. The summed E-state index contributed by atoms with van der Waals surface area (Å²) in [4.78, 5) is 35.9. The Hall–Kier alpha value is -4.12. The maximum atomic E-state index is 12.2. The van der Waals surface area contributed by atoms with Crippen molar-refractivity contribution in [2.75, 3.05) is 16.0 Å². The van der Waals surface area contributed by atoms with E-state index in [2.05, 4.69) is 41.1 Å². The number of hydrogen-bond acceptors (Lipinski definition) is 7. The van der Waals surface area contributed by atoms with Gasteiger partial charge in [-0.25, -0.2) is 14.8 Å². The Morgan fingerprint density at radius 1 is 0.939 bits per heavy atom. The van der Waals surface area contributed by atoms with Crippen molar-refractivity contribution in [1.29, 1.82) is 0 Å². The molecule has 0 atom stereocenters. The normalized spacial score (nSPS) is 10.6. The van der Waals surface area contributed by atoms with Crippen LogP contribution < -0.4 is 21.5 Å². The molecule has 0 aliphatic heterocycles. The zero-order valence-corrected chi connectivity index (χ0v) is 19.0. The number of anilines is 4. The predicted octanol–water partition coefficient (Wildman–Crippen LogP) is 4.35. The summed E-state index contributed by atoms with van der Waals surface area (Å²) >= 11 is 1.44. The van der Waals surface area contributed by atoms with Gasteiger partial charge >= 0.3 is 6.03 Å². The number of pyridine rings is 1. The molecule has 2 amide bonds. The fourth-order valence-electron chi connectivity index (χ4n) is 3.00. The Morgan fingerprint density at radius 3 is 2.42 bits per heavy atom. The monoisotopic (exact) mass is 462 g/mol. The minimum absolute atomic E-state index is 0.235. The van der Waals surface area contributed by atoms with E-state index in [0.717, 1.165) is 27.7 Å². The summed E-state index contributed by atoms with van der Waals surface area (Å²) in [6, 6.07) is 11.8. The number of aromatic nitrogens is 5. The highest BCUT2D eigenvalue weighted by Crippen LogP contribution is 2.31. The summed E-state index contributed by atoms with van der Waals surface area (Å²) in [6.45, 7) is 5.77. The van der Waals surface area contributed by atoms with Crippen LogP contribution in [0.4, 0.5) is 27.8 Å². The number of nitrogens with one attached hydrogen (secondary N) is 5. The fourth-order valence-corrected chi connectivity index (χ4v) is 3.88. The average Bonchev–Trinajstić information content (AvgIpc) is 3.16. The summed E-state index contributed by atoms with van der Waals surface area (Å²) in [6.07, 6.45) is 1.44. The molecular formula is C22H22N8O2S. The minimum atomic E-state index is -0.409. The number of rotatable bonds is 6. The van der Waals surface area contributed by atoms with Gasteiger partial charge in [-0.15, -0.1) is 0 Å². The zero-order valence-electron chi connectivity index (χ0n) is 18.2. The van der Waals surface area contributed by atoms with Gasteiger partial charge < -0.3 is 20.9 Å². The molecule has 0 saturated heterocycles. The van der Waals surface area contributed by atoms with E-state index in [-0.39, 0.29) is 5.56 Å². The maximum Gasteiger partial charge on any atom is 0.323 e. The van der Waals surface area contributed by atoms with Crippen LogP contribution in [0.25, 0.3) is 0 Å². The highest BCUT2D eigenvalue weighted by molar-refractivity contribution is 7.99. The highest BCUT2D eigenvalue weighted by atomic mass is 32.2. The molecule has 33 heavy (non-hydrogen) atoms. The lowest BCUT2D eigenvalue weighted by molar-refractivity contribution is 0.262. The molecule has 0 bridgehead atoms. The van der Waals surface area contributed by atoms with Crippen molar-refractivity contribution in [1.82, 2.24) is 25.1 Å². The molecule has 3 aromatic heterocycles. The van der Waals surface area contributed by atoms with E-state index in [4.69, 9.17) is 0 Å². The zero-order chi connectivity index (χ0) is 23.4. The average molecular weight is 463 g/mol. The first-order chi connectivity index (χ1) is 15.8. The Balaban J connectivity index is 1.43. The number of aryl methyl sites for hydroxylation is 3. The van der Waals surface area contributed by atoms with Crippen molar-refractivity contribution in [3.8, 4) is 0 Å². The molecule has 4 aromatic rings. The van der Waals surface area contributed by atoms with E-state index >= 15 is 0 Å². The van der Waals surface area contributed by atoms with Gasteiger partial charge in [0.25, 0.3) is 0 Å². The minimum Gasteiger partial charge on any atom is -0.327 e. The molecule has 1 aromatic carbocycles. The summed E-state index contributed by atoms with van der Waals surface area (Å²) < 4.78 is 0. The van der Waals surface area contributed by atoms with Crippen LogP contribution in [-0.2, 0) is 0 Å². The van der Waals surface area contributed by atoms with Crippen molar-refractivity contribution in [3.05, 3.63) is 76.0 Å². The first-order valence-electron chi connectivity index (χ1n) is 10.0. The predicted molar refractivity (Wildman–Crippen MR) is 128 cm³/mol. The Kier molecular flexibility index (Phi) is 6.41. The second-order valence-corrected chi connectivity index (χ2v) is 8.34. The van der Waals surface area contributed by atoms with Crippen LogP contribution in [0, 0.1) is 20.8 Å². The first kappa shape index (κ1) is 22.1. The molecule has 5 N–H and O–H groups in total. The highest BCUT2D eigenvalue weighted by Gasteiger charge is 2.10. The van der Waals surface area contributed by atoms with Gasteiger partial charge in [0.05, 0.1) is 11.4 Å². The van der Waals surface area contributed by atoms with Crippen molar-refractivity contribution >= 4 is 40.8 Å². The Labute approximate surface area is 193 Å². The second kappa shape index (κ2) is 9.57. The van der Waals surface area contributed by atoms with Crippen LogP contribution >= 0.6 is 11.8 Å². The number of urea groups is 1. The number of hydrogen-bond donors (Lipinski definition) is 5. The standard InChI is InChI=1S/C22H22N8O2S/c1-12-8-15(25-21(32)26-16-5-7-20(31)23-11-16)4-6-17(12)33-22-24-13(2)9-18(28-22)27-19-10-14(3)29-30-19/h4-11H,1-3H3,(H,23,31)(H2,25,26,32)(H2,24,27,28,29,30). The van der Waals surface area contributed by atoms with E-state index < -0.39 is 6.03 Å². The summed E-state index contributed by atoms with van der Waals surface area (Å²) in [7, 11) is 0. The van der Waals surface area contributed by atoms with Crippen LogP contribution in [0.3, 0.4) is 0 Å². The van der Waals surface area contributed by atoms with E-state index in [1.807, 2.05) is 51.1 Å². The summed E-state index contributed by atoms with van der Waals surface area (Å²) in [5.74, 6) is 1.43. The molecule has 0 aliphatic rings. The maximum absolute atomic E-state index is 12.2. The van der Waals surface area contributed by atoms with Crippen molar-refractivity contribution in [3.63, 3.8) is 0 Å². The van der Waals surface area contributed by atoms with Gasteiger partial charge in [0.2, 0.25) is 5.56 Å². The third kappa shape index (κ3) is 5.98. The first-order valence-corrected chi connectivity index (χ1v) is 10.9. The van der Waals surface area contributed by atoms with Crippen molar-refractivity contribution < 1.29 is 4.79 Å². The van der Waals surface area contributed by atoms with Crippen LogP contribution in [0.2, 0.25) is 0 Å². The SMILES string of the molecule is Cc1cc(Nc2cc(C)nc(Sc3ccc(NC(=O)Nc4ccc(=O)[nH]c4)cc3C)n2)[nH]n1. The molecular weight excluding hydrogens is 440 g/mol. The van der Waals surface area contributed by atoms with Crippen molar-refractivity contribution in [2.24, 2.45) is 0 Å². The largest absolute Gasteiger partial charge is 0.327 e. The van der Waals surface area contributed by atoms with Gasteiger partial charge in [-0.05, 0) is 62.4 Å². The van der Waals surface area contributed by atoms with Crippen LogP contribution in [0.1, 0.15) is 17.0 Å². The third-order valence-electron chi connectivity index (χ3n) is 4.48.